The summed E-state index contributed by atoms with van der Waals surface area (Å²) in [5.74, 6) is -0.164. The van der Waals surface area contributed by atoms with Crippen LogP contribution in [0.5, 0.6) is 11.6 Å². The standard InChI is InChI=1S/C23H21ClFN3O4/c1-31-20-8-18(19(25)11-26-20)22-23(24)28-15(10-27-22)12-32-16-4-2-3-14(7-16)17(9-21(29)30)13-5-6-13/h2-4,7-8,10-11,13,17H,5-6,9,12H2,1H3,(H,29,30). The Balaban J connectivity index is 1.48. The molecule has 3 aromatic rings. The number of carboxylic acids is 1. The van der Waals surface area contributed by atoms with Gasteiger partial charge in [-0.2, -0.15) is 0 Å². The summed E-state index contributed by atoms with van der Waals surface area (Å²) in [5.41, 5.74) is 1.74. The summed E-state index contributed by atoms with van der Waals surface area (Å²) < 4.78 is 25.0. The molecule has 1 aromatic carbocycles. The van der Waals surface area contributed by atoms with Crippen molar-refractivity contribution in [2.24, 2.45) is 5.92 Å². The Kier molecular flexibility index (Phi) is 6.50. The van der Waals surface area contributed by atoms with Crippen molar-refractivity contribution in [3.05, 3.63) is 65.0 Å². The van der Waals surface area contributed by atoms with Crippen molar-refractivity contribution in [2.75, 3.05) is 7.11 Å². The second-order valence-corrected chi connectivity index (χ2v) is 7.97. The number of carbonyl (C=O) groups is 1. The third-order valence-corrected chi connectivity index (χ3v) is 5.60. The molecule has 1 aliphatic rings. The molecular weight excluding hydrogens is 437 g/mol. The third-order valence-electron chi connectivity index (χ3n) is 5.33. The zero-order valence-corrected chi connectivity index (χ0v) is 18.1. The van der Waals surface area contributed by atoms with E-state index in [0.717, 1.165) is 24.6 Å². The summed E-state index contributed by atoms with van der Waals surface area (Å²) in [4.78, 5) is 23.6. The van der Waals surface area contributed by atoms with Crippen LogP contribution in [-0.4, -0.2) is 33.1 Å². The van der Waals surface area contributed by atoms with Crippen LogP contribution in [0.2, 0.25) is 5.15 Å². The van der Waals surface area contributed by atoms with Gasteiger partial charge in [0.15, 0.2) is 11.0 Å². The maximum absolute atomic E-state index is 14.2. The fourth-order valence-corrected chi connectivity index (χ4v) is 3.86. The largest absolute Gasteiger partial charge is 0.487 e. The molecule has 7 nitrogen and oxygen atoms in total. The van der Waals surface area contributed by atoms with Crippen molar-refractivity contribution in [1.29, 1.82) is 0 Å². The number of aliphatic carboxylic acids is 1. The van der Waals surface area contributed by atoms with Gasteiger partial charge >= 0.3 is 5.97 Å². The second kappa shape index (κ2) is 9.48. The molecule has 1 aliphatic carbocycles. The van der Waals surface area contributed by atoms with Crippen LogP contribution >= 0.6 is 11.6 Å². The highest BCUT2D eigenvalue weighted by Gasteiger charge is 2.33. The van der Waals surface area contributed by atoms with Gasteiger partial charge < -0.3 is 14.6 Å². The Morgan fingerprint density at radius 3 is 2.78 bits per heavy atom. The molecule has 32 heavy (non-hydrogen) atoms. The molecule has 0 bridgehead atoms. The first-order valence-electron chi connectivity index (χ1n) is 10.1. The number of hydrogen-bond donors (Lipinski definition) is 1. The first kappa shape index (κ1) is 22.0. The lowest BCUT2D eigenvalue weighted by molar-refractivity contribution is -0.137. The van der Waals surface area contributed by atoms with E-state index in [1.807, 2.05) is 18.2 Å². The highest BCUT2D eigenvalue weighted by atomic mass is 35.5. The average Bonchev–Trinajstić information content (AvgIpc) is 3.62. The van der Waals surface area contributed by atoms with E-state index < -0.39 is 11.8 Å². The second-order valence-electron chi connectivity index (χ2n) is 7.61. The molecule has 4 rings (SSSR count). The smallest absolute Gasteiger partial charge is 0.303 e. The van der Waals surface area contributed by atoms with E-state index in [0.29, 0.717) is 17.4 Å². The number of benzene rings is 1. The Morgan fingerprint density at radius 1 is 1.28 bits per heavy atom. The first-order valence-corrected chi connectivity index (χ1v) is 10.5. The van der Waals surface area contributed by atoms with Gasteiger partial charge in [0.25, 0.3) is 0 Å². The number of methoxy groups -OCH3 is 1. The number of pyridine rings is 1. The Bertz CT molecular complexity index is 1140. The molecule has 1 fully saturated rings. The number of nitrogens with zero attached hydrogens (tertiary/aromatic N) is 3. The molecule has 1 unspecified atom stereocenters. The van der Waals surface area contributed by atoms with Gasteiger partial charge in [0.2, 0.25) is 5.88 Å². The van der Waals surface area contributed by atoms with Gasteiger partial charge in [-0.1, -0.05) is 23.7 Å². The molecule has 166 valence electrons. The van der Waals surface area contributed by atoms with Crippen LogP contribution in [0.15, 0.2) is 42.7 Å². The lowest BCUT2D eigenvalue weighted by Gasteiger charge is -2.16. The molecule has 0 aliphatic heterocycles. The molecule has 0 saturated heterocycles. The molecule has 9 heteroatoms. The minimum Gasteiger partial charge on any atom is -0.487 e. The normalized spacial score (nSPS) is 14.1. The van der Waals surface area contributed by atoms with Gasteiger partial charge in [-0.25, -0.2) is 14.4 Å². The highest BCUT2D eigenvalue weighted by molar-refractivity contribution is 6.31. The predicted octanol–water partition coefficient (Wildman–Crippen LogP) is 4.89. The van der Waals surface area contributed by atoms with E-state index in [-0.39, 0.29) is 41.2 Å². The molecular formula is C23H21ClFN3O4. The van der Waals surface area contributed by atoms with Gasteiger partial charge in [-0.05, 0) is 42.4 Å². The van der Waals surface area contributed by atoms with E-state index in [9.17, 15) is 14.3 Å². The van der Waals surface area contributed by atoms with Gasteiger partial charge in [-0.15, -0.1) is 0 Å². The van der Waals surface area contributed by atoms with Crippen molar-refractivity contribution >= 4 is 17.6 Å². The lowest BCUT2D eigenvalue weighted by Crippen LogP contribution is -2.08. The van der Waals surface area contributed by atoms with Crippen molar-refractivity contribution in [2.45, 2.75) is 31.8 Å². The molecule has 1 N–H and O–H groups in total. The summed E-state index contributed by atoms with van der Waals surface area (Å²) >= 11 is 6.26. The van der Waals surface area contributed by atoms with E-state index in [2.05, 4.69) is 15.0 Å². The summed E-state index contributed by atoms with van der Waals surface area (Å²) in [6.07, 6.45) is 4.71. The SMILES string of the molecule is COc1cc(-c2ncc(COc3cccc(C(CC(=O)O)C4CC4)c3)nc2Cl)c(F)cn1. The maximum Gasteiger partial charge on any atom is 0.303 e. The topological polar surface area (TPSA) is 94.4 Å². The number of ether oxygens (including phenoxy) is 2. The summed E-state index contributed by atoms with van der Waals surface area (Å²) in [5, 5.41) is 9.26. The summed E-state index contributed by atoms with van der Waals surface area (Å²) in [7, 11) is 1.43. The number of carboxylic acid groups (broad SMARTS) is 1. The van der Waals surface area contributed by atoms with E-state index in [1.54, 1.807) is 6.07 Å². The van der Waals surface area contributed by atoms with E-state index >= 15 is 0 Å². The van der Waals surface area contributed by atoms with Gasteiger partial charge in [0.05, 0.1) is 31.6 Å². The van der Waals surface area contributed by atoms with Gasteiger partial charge in [0.1, 0.15) is 18.1 Å². The molecule has 2 aromatic heterocycles. The molecule has 2 heterocycles. The minimum absolute atomic E-state index is 0.0168. The zero-order chi connectivity index (χ0) is 22.7. The van der Waals surface area contributed by atoms with Crippen LogP contribution in [0.1, 0.15) is 36.4 Å². The monoisotopic (exact) mass is 457 g/mol. The molecule has 0 amide bonds. The van der Waals surface area contributed by atoms with Crippen molar-refractivity contribution in [3.8, 4) is 22.9 Å². The van der Waals surface area contributed by atoms with Crippen LogP contribution in [0.25, 0.3) is 11.3 Å². The number of rotatable bonds is 9. The molecule has 1 atom stereocenters. The van der Waals surface area contributed by atoms with Crippen LogP contribution < -0.4 is 9.47 Å². The minimum atomic E-state index is -0.804. The molecule has 0 spiro atoms. The Morgan fingerprint density at radius 2 is 2.09 bits per heavy atom. The fourth-order valence-electron chi connectivity index (χ4n) is 3.60. The van der Waals surface area contributed by atoms with Crippen molar-refractivity contribution < 1.29 is 23.8 Å². The quantitative estimate of drug-likeness (QED) is 0.489. The van der Waals surface area contributed by atoms with Crippen LogP contribution in [-0.2, 0) is 11.4 Å². The molecule has 1 saturated carbocycles. The Hall–Kier alpha value is -3.26. The number of aromatic nitrogens is 3. The van der Waals surface area contributed by atoms with Crippen molar-refractivity contribution in [1.82, 2.24) is 15.0 Å². The van der Waals surface area contributed by atoms with E-state index in [1.165, 1.54) is 19.4 Å². The lowest BCUT2D eigenvalue weighted by atomic mass is 9.91. The number of halogens is 2. The van der Waals surface area contributed by atoms with E-state index in [4.69, 9.17) is 21.1 Å². The van der Waals surface area contributed by atoms with Crippen LogP contribution in [0, 0.1) is 11.7 Å². The summed E-state index contributed by atoms with van der Waals surface area (Å²) in [6, 6.07) is 8.86. The first-order chi connectivity index (χ1) is 15.4. The van der Waals surface area contributed by atoms with Crippen molar-refractivity contribution in [3.63, 3.8) is 0 Å². The van der Waals surface area contributed by atoms with Gasteiger partial charge in [-0.3, -0.25) is 9.78 Å². The Labute approximate surface area is 189 Å². The van der Waals surface area contributed by atoms with Gasteiger partial charge in [0, 0.05) is 11.6 Å². The van der Waals surface area contributed by atoms with Crippen LogP contribution in [0.4, 0.5) is 4.39 Å². The highest BCUT2D eigenvalue weighted by Crippen LogP contribution is 2.45. The summed E-state index contributed by atoms with van der Waals surface area (Å²) in [6.45, 7) is 0.103. The maximum atomic E-state index is 14.2. The zero-order valence-electron chi connectivity index (χ0n) is 17.3. The average molecular weight is 458 g/mol. The van der Waals surface area contributed by atoms with Crippen LogP contribution in [0.3, 0.4) is 0 Å². The number of hydrogen-bond acceptors (Lipinski definition) is 6. The molecule has 0 radical (unpaired) electrons. The fraction of sp³-hybridized carbons (Fsp3) is 0.304. The predicted molar refractivity (Wildman–Crippen MR) is 115 cm³/mol. The third kappa shape index (κ3) is 5.13.